The molecule has 4 rings (SSSR count). The summed E-state index contributed by atoms with van der Waals surface area (Å²) in [5, 5.41) is 12.6. The lowest BCUT2D eigenvalue weighted by molar-refractivity contribution is -0.111. The van der Waals surface area contributed by atoms with Crippen LogP contribution >= 0.6 is 0 Å². The molecule has 30 heavy (non-hydrogen) atoms. The highest BCUT2D eigenvalue weighted by Gasteiger charge is 2.26. The number of aromatic hydroxyl groups is 1. The molecule has 0 saturated carbocycles. The Morgan fingerprint density at radius 1 is 1.03 bits per heavy atom. The van der Waals surface area contributed by atoms with Gasteiger partial charge in [-0.25, -0.2) is 8.42 Å². The highest BCUT2D eigenvalue weighted by Crippen LogP contribution is 2.33. The first kappa shape index (κ1) is 20.2. The van der Waals surface area contributed by atoms with Gasteiger partial charge in [0.1, 0.15) is 5.75 Å². The van der Waals surface area contributed by atoms with E-state index < -0.39 is 15.9 Å². The molecule has 0 aliphatic carbocycles. The van der Waals surface area contributed by atoms with Crippen molar-refractivity contribution in [2.24, 2.45) is 0 Å². The van der Waals surface area contributed by atoms with E-state index in [0.717, 1.165) is 24.8 Å². The normalized spacial score (nSPS) is 16.7. The second kappa shape index (κ2) is 8.37. The fourth-order valence-electron chi connectivity index (χ4n) is 3.39. The Bertz CT molecular complexity index is 1090. The Labute approximate surface area is 174 Å². The van der Waals surface area contributed by atoms with Gasteiger partial charge in [0.2, 0.25) is 22.7 Å². The largest absolute Gasteiger partial charge is 0.506 e. The first-order valence-electron chi connectivity index (χ1n) is 9.65. The first-order chi connectivity index (χ1) is 14.4. The molecule has 0 bridgehead atoms. The molecular weight excluding hydrogens is 408 g/mol. The number of fused-ring (bicyclic) bond motifs is 1. The second-order valence-electron chi connectivity index (χ2n) is 7.08. The molecule has 2 aromatic rings. The molecule has 2 aliphatic heterocycles. The van der Waals surface area contributed by atoms with Gasteiger partial charge in [0.05, 0.1) is 10.6 Å². The third kappa shape index (κ3) is 4.27. The fourth-order valence-corrected chi connectivity index (χ4v) is 4.94. The SMILES string of the molecule is O=C(/C=C/c1ccc2c(c1)OCO2)Nc1cc(S(=O)(=O)N2CCCCC2)ccc1O. The van der Waals surface area contributed by atoms with Crippen molar-refractivity contribution in [3.8, 4) is 17.2 Å². The van der Waals surface area contributed by atoms with Gasteiger partial charge in [-0.3, -0.25) is 4.79 Å². The van der Waals surface area contributed by atoms with E-state index >= 15 is 0 Å². The maximum atomic E-state index is 12.8. The molecule has 158 valence electrons. The van der Waals surface area contributed by atoms with Crippen LogP contribution in [0.5, 0.6) is 17.2 Å². The van der Waals surface area contributed by atoms with Gasteiger partial charge in [0, 0.05) is 19.2 Å². The van der Waals surface area contributed by atoms with Crippen molar-refractivity contribution < 1.29 is 27.8 Å². The molecule has 0 aromatic heterocycles. The van der Waals surface area contributed by atoms with Gasteiger partial charge in [-0.2, -0.15) is 4.31 Å². The van der Waals surface area contributed by atoms with Gasteiger partial charge in [-0.1, -0.05) is 12.5 Å². The van der Waals surface area contributed by atoms with Crippen LogP contribution in [0.1, 0.15) is 24.8 Å². The standard InChI is InChI=1S/C21H22N2O6S/c24-18-7-6-16(30(26,27)23-10-2-1-3-11-23)13-17(18)22-21(25)9-5-15-4-8-19-20(12-15)29-14-28-19/h4-9,12-13,24H,1-3,10-11,14H2,(H,22,25)/b9-5+. The number of phenols is 1. The van der Waals surface area contributed by atoms with Crippen LogP contribution in [0.15, 0.2) is 47.4 Å². The van der Waals surface area contributed by atoms with Crippen molar-refractivity contribution in [3.05, 3.63) is 48.0 Å². The Balaban J connectivity index is 1.48. The lowest BCUT2D eigenvalue weighted by Crippen LogP contribution is -2.35. The second-order valence-corrected chi connectivity index (χ2v) is 9.02. The number of benzene rings is 2. The van der Waals surface area contributed by atoms with Crippen molar-refractivity contribution in [2.75, 3.05) is 25.2 Å². The molecule has 2 aliphatic rings. The van der Waals surface area contributed by atoms with Crippen LogP contribution in [0.2, 0.25) is 0 Å². The van der Waals surface area contributed by atoms with E-state index in [0.29, 0.717) is 24.6 Å². The quantitative estimate of drug-likeness (QED) is 0.558. The molecule has 1 amide bonds. The number of rotatable bonds is 5. The number of hydrogen-bond donors (Lipinski definition) is 2. The molecule has 0 atom stereocenters. The number of carbonyl (C=O) groups is 1. The molecule has 0 radical (unpaired) electrons. The lowest BCUT2D eigenvalue weighted by Gasteiger charge is -2.26. The number of carbonyl (C=O) groups excluding carboxylic acids is 1. The topological polar surface area (TPSA) is 105 Å². The summed E-state index contributed by atoms with van der Waals surface area (Å²) in [6.45, 7) is 1.12. The summed E-state index contributed by atoms with van der Waals surface area (Å²) >= 11 is 0. The van der Waals surface area contributed by atoms with Crippen LogP contribution < -0.4 is 14.8 Å². The van der Waals surface area contributed by atoms with Crippen molar-refractivity contribution in [2.45, 2.75) is 24.2 Å². The number of sulfonamides is 1. The Kier molecular flexibility index (Phi) is 5.65. The summed E-state index contributed by atoms with van der Waals surface area (Å²) in [5.41, 5.74) is 0.772. The van der Waals surface area contributed by atoms with E-state index in [1.54, 1.807) is 24.3 Å². The highest BCUT2D eigenvalue weighted by molar-refractivity contribution is 7.89. The van der Waals surface area contributed by atoms with Crippen LogP contribution in [-0.2, 0) is 14.8 Å². The van der Waals surface area contributed by atoms with Crippen LogP contribution in [0.4, 0.5) is 5.69 Å². The molecule has 9 heteroatoms. The van der Waals surface area contributed by atoms with Gasteiger partial charge in [0.25, 0.3) is 0 Å². The van der Waals surface area contributed by atoms with E-state index in [1.165, 1.54) is 28.6 Å². The highest BCUT2D eigenvalue weighted by atomic mass is 32.2. The van der Waals surface area contributed by atoms with Crippen molar-refractivity contribution >= 4 is 27.7 Å². The van der Waals surface area contributed by atoms with Gasteiger partial charge in [0.15, 0.2) is 11.5 Å². The predicted molar refractivity (Wildman–Crippen MR) is 111 cm³/mol. The molecule has 2 N–H and O–H groups in total. The van der Waals surface area contributed by atoms with Gasteiger partial charge >= 0.3 is 0 Å². The molecule has 0 spiro atoms. The van der Waals surface area contributed by atoms with E-state index in [-0.39, 0.29) is 23.1 Å². The number of amides is 1. The maximum Gasteiger partial charge on any atom is 0.248 e. The summed E-state index contributed by atoms with van der Waals surface area (Å²) in [6.07, 6.45) is 5.54. The Morgan fingerprint density at radius 3 is 2.60 bits per heavy atom. The van der Waals surface area contributed by atoms with Crippen LogP contribution in [0.3, 0.4) is 0 Å². The Morgan fingerprint density at radius 2 is 1.80 bits per heavy atom. The summed E-state index contributed by atoms with van der Waals surface area (Å²) < 4.78 is 37.7. The number of nitrogens with zero attached hydrogens (tertiary/aromatic N) is 1. The number of hydrogen-bond acceptors (Lipinski definition) is 6. The maximum absolute atomic E-state index is 12.8. The molecule has 2 heterocycles. The van der Waals surface area contributed by atoms with E-state index in [4.69, 9.17) is 9.47 Å². The predicted octanol–water partition coefficient (Wildman–Crippen LogP) is 2.95. The number of phenolic OH excluding ortho intramolecular Hbond substituents is 1. The molecule has 1 saturated heterocycles. The van der Waals surface area contributed by atoms with Crippen LogP contribution in [-0.4, -0.2) is 43.6 Å². The summed E-state index contributed by atoms with van der Waals surface area (Å²) in [6, 6.07) is 9.17. The van der Waals surface area contributed by atoms with Gasteiger partial charge in [-0.15, -0.1) is 0 Å². The van der Waals surface area contributed by atoms with Crippen LogP contribution in [0.25, 0.3) is 6.08 Å². The lowest BCUT2D eigenvalue weighted by atomic mass is 10.2. The van der Waals surface area contributed by atoms with Crippen molar-refractivity contribution in [1.29, 1.82) is 0 Å². The smallest absolute Gasteiger partial charge is 0.248 e. The zero-order valence-electron chi connectivity index (χ0n) is 16.2. The average Bonchev–Trinajstić information content (AvgIpc) is 3.22. The number of anilines is 1. The summed E-state index contributed by atoms with van der Waals surface area (Å²) in [7, 11) is -3.67. The summed E-state index contributed by atoms with van der Waals surface area (Å²) in [4.78, 5) is 12.3. The van der Waals surface area contributed by atoms with Crippen molar-refractivity contribution in [1.82, 2.24) is 4.31 Å². The minimum Gasteiger partial charge on any atom is -0.506 e. The monoisotopic (exact) mass is 430 g/mol. The zero-order valence-corrected chi connectivity index (χ0v) is 17.0. The molecule has 1 fully saturated rings. The number of nitrogens with one attached hydrogen (secondary N) is 1. The minimum absolute atomic E-state index is 0.0356. The summed E-state index contributed by atoms with van der Waals surface area (Å²) in [5.74, 6) is 0.534. The van der Waals surface area contributed by atoms with E-state index in [2.05, 4.69) is 5.32 Å². The minimum atomic E-state index is -3.67. The molecule has 2 aromatic carbocycles. The molecular formula is C21H22N2O6S. The average molecular weight is 430 g/mol. The zero-order chi connectivity index (χ0) is 21.1. The van der Waals surface area contributed by atoms with Gasteiger partial charge < -0.3 is 19.9 Å². The number of ether oxygens (including phenoxy) is 2. The molecule has 0 unspecified atom stereocenters. The van der Waals surface area contributed by atoms with Gasteiger partial charge in [-0.05, 0) is 54.8 Å². The first-order valence-corrected chi connectivity index (χ1v) is 11.1. The number of piperidine rings is 1. The van der Waals surface area contributed by atoms with Crippen molar-refractivity contribution in [3.63, 3.8) is 0 Å². The van der Waals surface area contributed by atoms with E-state index in [9.17, 15) is 18.3 Å². The third-order valence-corrected chi connectivity index (χ3v) is 6.90. The van der Waals surface area contributed by atoms with E-state index in [1.807, 2.05) is 0 Å². The molecule has 8 nitrogen and oxygen atoms in total. The van der Waals surface area contributed by atoms with Crippen LogP contribution in [0, 0.1) is 0 Å². The fraction of sp³-hybridized carbons (Fsp3) is 0.286. The third-order valence-electron chi connectivity index (χ3n) is 5.00. The Hall–Kier alpha value is -3.04.